The average molecular weight is 190 g/mol. The highest BCUT2D eigenvalue weighted by atomic mass is 16.6. The summed E-state index contributed by atoms with van der Waals surface area (Å²) in [5.41, 5.74) is 1.10. The van der Waals surface area contributed by atoms with Crippen LogP contribution >= 0.6 is 0 Å². The van der Waals surface area contributed by atoms with Gasteiger partial charge >= 0.3 is 0 Å². The Kier molecular flexibility index (Phi) is 2.38. The highest BCUT2D eigenvalue weighted by Crippen LogP contribution is 2.40. The molecule has 0 unspecified atom stereocenters. The van der Waals surface area contributed by atoms with Gasteiger partial charge in [-0.05, 0) is 5.56 Å². The predicted octanol–water partition coefficient (Wildman–Crippen LogP) is 2.35. The fraction of sp³-hybridized carbons (Fsp3) is 0.417. The first-order valence-electron chi connectivity index (χ1n) is 4.94. The lowest BCUT2D eigenvalue weighted by Gasteiger charge is -1.98. The molecule has 1 fully saturated rings. The minimum atomic E-state index is -0.197. The van der Waals surface area contributed by atoms with E-state index in [0.29, 0.717) is 0 Å². The highest BCUT2D eigenvalue weighted by molar-refractivity contribution is 5.87. The molecule has 1 aliphatic heterocycles. The molecule has 0 aromatic heterocycles. The van der Waals surface area contributed by atoms with Crippen LogP contribution in [-0.2, 0) is 9.53 Å². The number of ether oxygens (including phenoxy) is 1. The van der Waals surface area contributed by atoms with Crippen molar-refractivity contribution in [2.24, 2.45) is 5.92 Å². The van der Waals surface area contributed by atoms with Gasteiger partial charge in [0.05, 0.1) is 0 Å². The van der Waals surface area contributed by atoms with Gasteiger partial charge in [-0.25, -0.2) is 0 Å². The first-order valence-corrected chi connectivity index (χ1v) is 4.94. The molecular formula is C12H14O2. The smallest absolute Gasteiger partial charge is 0.167 e. The standard InChI is InChI=1S/C12H14O2/c1-8(2)10(13)12-11(14-12)9-6-4-3-5-7-9/h3-8,11-12H,1-2H3/t11-,12-/m1/s1. The fourth-order valence-electron chi connectivity index (χ4n) is 1.55. The minimum absolute atomic E-state index is 0.00565. The number of rotatable bonds is 3. The molecule has 0 amide bonds. The Bertz CT molecular complexity index is 329. The Labute approximate surface area is 83.9 Å². The molecule has 0 spiro atoms. The molecule has 1 saturated heterocycles. The van der Waals surface area contributed by atoms with Crippen LogP contribution < -0.4 is 0 Å². The molecule has 2 heteroatoms. The summed E-state index contributed by atoms with van der Waals surface area (Å²) < 4.78 is 5.38. The summed E-state index contributed by atoms with van der Waals surface area (Å²) in [5.74, 6) is 0.271. The molecule has 0 radical (unpaired) electrons. The molecule has 1 aliphatic rings. The molecule has 0 N–H and O–H groups in total. The van der Waals surface area contributed by atoms with Crippen LogP contribution in [0.5, 0.6) is 0 Å². The molecule has 2 atom stereocenters. The maximum absolute atomic E-state index is 11.6. The third-order valence-corrected chi connectivity index (χ3v) is 2.47. The maximum Gasteiger partial charge on any atom is 0.167 e. The van der Waals surface area contributed by atoms with E-state index in [1.165, 1.54) is 0 Å². The topological polar surface area (TPSA) is 29.6 Å². The van der Waals surface area contributed by atoms with E-state index in [2.05, 4.69) is 0 Å². The number of benzene rings is 1. The van der Waals surface area contributed by atoms with Gasteiger partial charge in [-0.2, -0.15) is 0 Å². The van der Waals surface area contributed by atoms with E-state index in [0.717, 1.165) is 5.56 Å². The first kappa shape index (κ1) is 9.41. The summed E-state index contributed by atoms with van der Waals surface area (Å²) in [4.78, 5) is 11.6. The summed E-state index contributed by atoms with van der Waals surface area (Å²) in [6.45, 7) is 3.82. The van der Waals surface area contributed by atoms with E-state index in [9.17, 15) is 4.79 Å². The second kappa shape index (κ2) is 3.54. The second-order valence-corrected chi connectivity index (χ2v) is 3.95. The molecule has 1 heterocycles. The quantitative estimate of drug-likeness (QED) is 0.685. The molecule has 0 saturated carbocycles. The van der Waals surface area contributed by atoms with Crippen molar-refractivity contribution in [3.63, 3.8) is 0 Å². The Hall–Kier alpha value is -1.15. The van der Waals surface area contributed by atoms with Crippen molar-refractivity contribution in [3.05, 3.63) is 35.9 Å². The van der Waals surface area contributed by atoms with Crippen molar-refractivity contribution in [3.8, 4) is 0 Å². The minimum Gasteiger partial charge on any atom is -0.356 e. The monoisotopic (exact) mass is 190 g/mol. The van der Waals surface area contributed by atoms with Crippen LogP contribution in [0.15, 0.2) is 30.3 Å². The van der Waals surface area contributed by atoms with E-state index in [1.54, 1.807) is 0 Å². The van der Waals surface area contributed by atoms with E-state index in [-0.39, 0.29) is 23.9 Å². The van der Waals surface area contributed by atoms with Gasteiger partial charge in [-0.15, -0.1) is 0 Å². The lowest BCUT2D eigenvalue weighted by Crippen LogP contribution is -2.14. The number of carbonyl (C=O) groups excluding carboxylic acids is 1. The van der Waals surface area contributed by atoms with E-state index < -0.39 is 0 Å². The first-order chi connectivity index (χ1) is 6.70. The van der Waals surface area contributed by atoms with Crippen LogP contribution in [0.25, 0.3) is 0 Å². The van der Waals surface area contributed by atoms with Gasteiger partial charge < -0.3 is 4.74 Å². The summed E-state index contributed by atoms with van der Waals surface area (Å²) in [6.07, 6.45) is -0.191. The summed E-state index contributed by atoms with van der Waals surface area (Å²) in [5, 5.41) is 0. The van der Waals surface area contributed by atoms with Crippen LogP contribution in [0.4, 0.5) is 0 Å². The lowest BCUT2D eigenvalue weighted by atomic mass is 10.0. The van der Waals surface area contributed by atoms with Crippen molar-refractivity contribution >= 4 is 5.78 Å². The van der Waals surface area contributed by atoms with Crippen LogP contribution in [-0.4, -0.2) is 11.9 Å². The molecule has 14 heavy (non-hydrogen) atoms. The molecule has 0 aliphatic carbocycles. The zero-order chi connectivity index (χ0) is 10.1. The number of ketones is 1. The molecule has 1 aromatic rings. The lowest BCUT2D eigenvalue weighted by molar-refractivity contribution is -0.123. The zero-order valence-corrected chi connectivity index (χ0v) is 8.44. The SMILES string of the molecule is CC(C)C(=O)[C@H]1O[C@@H]1c1ccccc1. The van der Waals surface area contributed by atoms with Gasteiger partial charge in [-0.1, -0.05) is 44.2 Å². The molecule has 2 nitrogen and oxygen atoms in total. The summed E-state index contributed by atoms with van der Waals surface area (Å²) >= 11 is 0. The normalized spacial score (nSPS) is 25.1. The molecule has 74 valence electrons. The van der Waals surface area contributed by atoms with Gasteiger partial charge in [-0.3, -0.25) is 4.79 Å². The van der Waals surface area contributed by atoms with Gasteiger partial charge in [0.2, 0.25) is 0 Å². The van der Waals surface area contributed by atoms with Gasteiger partial charge in [0.25, 0.3) is 0 Å². The van der Waals surface area contributed by atoms with Gasteiger partial charge in [0.1, 0.15) is 12.2 Å². The molecule has 1 aromatic carbocycles. The average Bonchev–Trinajstić information content (AvgIpc) is 2.97. The van der Waals surface area contributed by atoms with E-state index >= 15 is 0 Å². The largest absolute Gasteiger partial charge is 0.356 e. The number of hydrogen-bond acceptors (Lipinski definition) is 2. The Morgan fingerprint density at radius 3 is 2.50 bits per heavy atom. The fourth-order valence-corrected chi connectivity index (χ4v) is 1.55. The summed E-state index contributed by atoms with van der Waals surface area (Å²) in [6, 6.07) is 9.89. The molecule has 2 rings (SSSR count). The number of carbonyl (C=O) groups is 1. The molecular weight excluding hydrogens is 176 g/mol. The molecule has 0 bridgehead atoms. The van der Waals surface area contributed by atoms with Crippen molar-refractivity contribution in [2.75, 3.05) is 0 Å². The Morgan fingerprint density at radius 1 is 1.29 bits per heavy atom. The van der Waals surface area contributed by atoms with Crippen LogP contribution in [0.3, 0.4) is 0 Å². The zero-order valence-electron chi connectivity index (χ0n) is 8.44. The van der Waals surface area contributed by atoms with E-state index in [4.69, 9.17) is 4.74 Å². The van der Waals surface area contributed by atoms with Gasteiger partial charge in [0.15, 0.2) is 5.78 Å². The van der Waals surface area contributed by atoms with Gasteiger partial charge in [0, 0.05) is 5.92 Å². The maximum atomic E-state index is 11.6. The van der Waals surface area contributed by atoms with E-state index in [1.807, 2.05) is 44.2 Å². The van der Waals surface area contributed by atoms with Crippen molar-refractivity contribution in [2.45, 2.75) is 26.1 Å². The van der Waals surface area contributed by atoms with Crippen LogP contribution in [0, 0.1) is 5.92 Å². The summed E-state index contributed by atoms with van der Waals surface area (Å²) in [7, 11) is 0. The third-order valence-electron chi connectivity index (χ3n) is 2.47. The highest BCUT2D eigenvalue weighted by Gasteiger charge is 2.46. The third kappa shape index (κ3) is 1.70. The number of epoxide rings is 1. The Morgan fingerprint density at radius 2 is 1.93 bits per heavy atom. The van der Waals surface area contributed by atoms with Crippen LogP contribution in [0.2, 0.25) is 0 Å². The number of Topliss-reactive ketones (excluding diaryl/α,β-unsaturated/α-hetero) is 1. The van der Waals surface area contributed by atoms with Crippen molar-refractivity contribution < 1.29 is 9.53 Å². The van der Waals surface area contributed by atoms with Crippen LogP contribution in [0.1, 0.15) is 25.5 Å². The Balaban J connectivity index is 2.03. The number of hydrogen-bond donors (Lipinski definition) is 0. The van der Waals surface area contributed by atoms with Crippen molar-refractivity contribution in [1.82, 2.24) is 0 Å². The van der Waals surface area contributed by atoms with Crippen molar-refractivity contribution in [1.29, 1.82) is 0 Å². The second-order valence-electron chi connectivity index (χ2n) is 3.95. The predicted molar refractivity (Wildman–Crippen MR) is 53.9 cm³/mol.